The Morgan fingerprint density at radius 1 is 1.10 bits per heavy atom. The van der Waals surface area contributed by atoms with Crippen molar-refractivity contribution in [1.82, 2.24) is 15.0 Å². The van der Waals surface area contributed by atoms with E-state index in [1.165, 1.54) is 24.6 Å². The van der Waals surface area contributed by atoms with Crippen LogP contribution in [0.4, 0.5) is 5.82 Å². The van der Waals surface area contributed by atoms with E-state index in [2.05, 4.69) is 9.88 Å². The molecule has 0 unspecified atom stereocenters. The van der Waals surface area contributed by atoms with Crippen LogP contribution < -0.4 is 14.4 Å². The Morgan fingerprint density at radius 3 is 2.33 bits per heavy atom. The van der Waals surface area contributed by atoms with Crippen molar-refractivity contribution >= 4 is 51.7 Å². The van der Waals surface area contributed by atoms with Crippen molar-refractivity contribution in [3.8, 4) is 22.8 Å². The lowest BCUT2D eigenvalue weighted by atomic mass is 10.1. The van der Waals surface area contributed by atoms with Crippen LogP contribution in [0.3, 0.4) is 0 Å². The van der Waals surface area contributed by atoms with Gasteiger partial charge in [0.15, 0.2) is 11.0 Å². The zero-order valence-electron chi connectivity index (χ0n) is 17.2. The standard InChI is InChI=1S/C21H22Cl2N4O2S/c1-27(10-11-5-6-11)20-19-12(9-24-21(26-19)30-4)7-13(25-20)16-17(22)14(28-2)8-15(29-3)18(16)23/h7-9,11H,5-6,10H2,1-4H3. The number of rotatable bonds is 7. The summed E-state index contributed by atoms with van der Waals surface area (Å²) in [6.45, 7) is 0.924. The topological polar surface area (TPSA) is 60.4 Å². The van der Waals surface area contributed by atoms with E-state index in [9.17, 15) is 0 Å². The second-order valence-corrected chi connectivity index (χ2v) is 8.76. The van der Waals surface area contributed by atoms with Gasteiger partial charge >= 0.3 is 0 Å². The first kappa shape index (κ1) is 21.3. The van der Waals surface area contributed by atoms with E-state index in [0.717, 1.165) is 23.3 Å². The number of ether oxygens (including phenoxy) is 2. The van der Waals surface area contributed by atoms with E-state index in [1.54, 1.807) is 20.3 Å². The highest BCUT2D eigenvalue weighted by Gasteiger charge is 2.26. The molecule has 0 radical (unpaired) electrons. The Kier molecular flexibility index (Phi) is 6.14. The third-order valence-electron chi connectivity index (χ3n) is 5.13. The molecule has 6 nitrogen and oxygen atoms in total. The number of thioether (sulfide) groups is 1. The number of methoxy groups -OCH3 is 2. The van der Waals surface area contributed by atoms with Crippen LogP contribution in [-0.4, -0.2) is 49.0 Å². The molecule has 4 rings (SSSR count). The summed E-state index contributed by atoms with van der Waals surface area (Å²) in [5.74, 6) is 2.41. The van der Waals surface area contributed by atoms with Gasteiger partial charge in [-0.1, -0.05) is 35.0 Å². The van der Waals surface area contributed by atoms with E-state index in [4.69, 9.17) is 42.6 Å². The van der Waals surface area contributed by atoms with Gasteiger partial charge in [-0.25, -0.2) is 15.0 Å². The molecule has 0 saturated heterocycles. The Balaban J connectivity index is 1.96. The molecule has 30 heavy (non-hydrogen) atoms. The zero-order chi connectivity index (χ0) is 21.4. The first-order valence-corrected chi connectivity index (χ1v) is 11.5. The van der Waals surface area contributed by atoms with Gasteiger partial charge in [-0.15, -0.1) is 0 Å². The molecule has 1 aromatic carbocycles. The van der Waals surface area contributed by atoms with Gasteiger partial charge in [-0.3, -0.25) is 0 Å². The monoisotopic (exact) mass is 464 g/mol. The lowest BCUT2D eigenvalue weighted by Crippen LogP contribution is -2.22. The summed E-state index contributed by atoms with van der Waals surface area (Å²) >= 11 is 14.8. The lowest BCUT2D eigenvalue weighted by molar-refractivity contribution is 0.395. The molecule has 0 aliphatic heterocycles. The minimum absolute atomic E-state index is 0.382. The number of fused-ring (bicyclic) bond motifs is 1. The summed E-state index contributed by atoms with van der Waals surface area (Å²) in [4.78, 5) is 16.3. The van der Waals surface area contributed by atoms with Crippen molar-refractivity contribution in [2.75, 3.05) is 39.0 Å². The van der Waals surface area contributed by atoms with Crippen LogP contribution in [0.5, 0.6) is 11.5 Å². The maximum atomic E-state index is 6.65. The van der Waals surface area contributed by atoms with E-state index in [-0.39, 0.29) is 0 Å². The highest BCUT2D eigenvalue weighted by atomic mass is 35.5. The molecule has 1 fully saturated rings. The molecule has 9 heteroatoms. The summed E-state index contributed by atoms with van der Waals surface area (Å²) in [7, 11) is 5.15. The molecular formula is C21H22Cl2N4O2S. The highest BCUT2D eigenvalue weighted by Crippen LogP contribution is 2.46. The van der Waals surface area contributed by atoms with Gasteiger partial charge in [0.25, 0.3) is 0 Å². The van der Waals surface area contributed by atoms with Gasteiger partial charge in [0.05, 0.1) is 30.0 Å². The summed E-state index contributed by atoms with van der Waals surface area (Å²) in [5, 5.41) is 2.33. The molecule has 1 saturated carbocycles. The largest absolute Gasteiger partial charge is 0.495 e. The van der Waals surface area contributed by atoms with Gasteiger partial charge in [0.2, 0.25) is 0 Å². The predicted octanol–water partition coefficient (Wildman–Crippen LogP) is 5.58. The fourth-order valence-electron chi connectivity index (χ4n) is 3.38. The van der Waals surface area contributed by atoms with Crippen LogP contribution in [0.1, 0.15) is 12.8 Å². The average molecular weight is 465 g/mol. The average Bonchev–Trinajstić information content (AvgIpc) is 3.57. The van der Waals surface area contributed by atoms with Crippen molar-refractivity contribution in [2.24, 2.45) is 5.92 Å². The number of pyridine rings is 1. The van der Waals surface area contributed by atoms with Crippen LogP contribution in [0.2, 0.25) is 10.0 Å². The number of nitrogens with zero attached hydrogens (tertiary/aromatic N) is 4. The highest BCUT2D eigenvalue weighted by molar-refractivity contribution is 7.98. The number of anilines is 1. The van der Waals surface area contributed by atoms with Crippen molar-refractivity contribution in [3.63, 3.8) is 0 Å². The molecule has 0 atom stereocenters. The van der Waals surface area contributed by atoms with Crippen molar-refractivity contribution in [2.45, 2.75) is 18.0 Å². The maximum Gasteiger partial charge on any atom is 0.187 e. The molecule has 2 heterocycles. The maximum absolute atomic E-state index is 6.65. The Morgan fingerprint density at radius 2 is 1.77 bits per heavy atom. The zero-order valence-corrected chi connectivity index (χ0v) is 19.5. The van der Waals surface area contributed by atoms with Gasteiger partial charge in [0.1, 0.15) is 17.0 Å². The molecule has 0 spiro atoms. The Bertz CT molecular complexity index is 1080. The van der Waals surface area contributed by atoms with Gasteiger partial charge < -0.3 is 14.4 Å². The second-order valence-electron chi connectivity index (χ2n) is 7.23. The number of aromatic nitrogens is 3. The molecule has 158 valence electrons. The first-order valence-electron chi connectivity index (χ1n) is 9.50. The van der Waals surface area contributed by atoms with Crippen LogP contribution in [0.25, 0.3) is 22.2 Å². The van der Waals surface area contributed by atoms with E-state index >= 15 is 0 Å². The van der Waals surface area contributed by atoms with Gasteiger partial charge in [0, 0.05) is 36.8 Å². The normalized spacial score (nSPS) is 13.5. The number of benzene rings is 1. The fraction of sp³-hybridized carbons (Fsp3) is 0.381. The second kappa shape index (κ2) is 8.65. The lowest BCUT2D eigenvalue weighted by Gasteiger charge is -2.21. The quantitative estimate of drug-likeness (QED) is 0.333. The van der Waals surface area contributed by atoms with Crippen LogP contribution >= 0.6 is 35.0 Å². The smallest absolute Gasteiger partial charge is 0.187 e. The van der Waals surface area contributed by atoms with Crippen LogP contribution in [0.15, 0.2) is 23.5 Å². The number of halogens is 2. The van der Waals surface area contributed by atoms with E-state index < -0.39 is 0 Å². The van der Waals surface area contributed by atoms with E-state index in [1.807, 2.05) is 25.6 Å². The molecule has 0 bridgehead atoms. The Hall–Kier alpha value is -1.96. The molecule has 0 N–H and O–H groups in total. The fourth-order valence-corrected chi connectivity index (χ4v) is 4.42. The molecule has 2 aromatic heterocycles. The summed E-state index contributed by atoms with van der Waals surface area (Å²) < 4.78 is 10.8. The van der Waals surface area contributed by atoms with Crippen molar-refractivity contribution in [1.29, 1.82) is 0 Å². The summed E-state index contributed by atoms with van der Waals surface area (Å²) in [5.41, 5.74) is 1.99. The van der Waals surface area contributed by atoms with Crippen LogP contribution in [-0.2, 0) is 0 Å². The summed E-state index contributed by atoms with van der Waals surface area (Å²) in [6.07, 6.45) is 6.27. The van der Waals surface area contributed by atoms with Crippen LogP contribution in [0, 0.1) is 5.92 Å². The third kappa shape index (κ3) is 3.98. The minimum Gasteiger partial charge on any atom is -0.495 e. The molecular weight excluding hydrogens is 443 g/mol. The SMILES string of the molecule is COc1cc(OC)c(Cl)c(-c2cc3cnc(SC)nc3c(N(C)CC3CC3)n2)c1Cl. The molecule has 1 aliphatic rings. The Labute approximate surface area is 189 Å². The molecule has 1 aliphatic carbocycles. The number of hydrogen-bond acceptors (Lipinski definition) is 7. The first-order chi connectivity index (χ1) is 14.5. The van der Waals surface area contributed by atoms with Gasteiger partial charge in [-0.05, 0) is 31.1 Å². The molecule has 3 aromatic rings. The van der Waals surface area contributed by atoms with Crippen molar-refractivity contribution in [3.05, 3.63) is 28.4 Å². The summed E-state index contributed by atoms with van der Waals surface area (Å²) in [6, 6.07) is 3.57. The molecule has 0 amide bonds. The van der Waals surface area contributed by atoms with Gasteiger partial charge in [-0.2, -0.15) is 0 Å². The minimum atomic E-state index is 0.382. The third-order valence-corrected chi connectivity index (χ3v) is 6.44. The van der Waals surface area contributed by atoms with E-state index in [0.29, 0.717) is 43.9 Å². The van der Waals surface area contributed by atoms with Crippen molar-refractivity contribution < 1.29 is 9.47 Å². The number of hydrogen-bond donors (Lipinski definition) is 0. The predicted molar refractivity (Wildman–Crippen MR) is 124 cm³/mol.